The number of benzene rings is 2. The first-order valence-corrected chi connectivity index (χ1v) is 11.9. The van der Waals surface area contributed by atoms with E-state index in [2.05, 4.69) is 39.4 Å². The van der Waals surface area contributed by atoms with Gasteiger partial charge in [0, 0.05) is 49.4 Å². The van der Waals surface area contributed by atoms with Crippen LogP contribution in [0.1, 0.15) is 24.0 Å². The molecule has 0 spiro atoms. The van der Waals surface area contributed by atoms with E-state index in [4.69, 9.17) is 4.74 Å². The van der Waals surface area contributed by atoms with E-state index in [1.165, 1.54) is 35.5 Å². The molecule has 4 rings (SSSR count). The highest BCUT2D eigenvalue weighted by Gasteiger charge is 2.30. The third kappa shape index (κ3) is 6.24. The second-order valence-electron chi connectivity index (χ2n) is 8.12. The molecular formula is C24H31N3O2S. The van der Waals surface area contributed by atoms with Crippen molar-refractivity contribution in [3.05, 3.63) is 59.7 Å². The van der Waals surface area contributed by atoms with Gasteiger partial charge in [0.05, 0.1) is 13.7 Å². The third-order valence-electron chi connectivity index (χ3n) is 5.68. The van der Waals surface area contributed by atoms with Crippen molar-refractivity contribution >= 4 is 23.4 Å². The van der Waals surface area contributed by atoms with Crippen LogP contribution in [-0.2, 0) is 17.9 Å². The van der Waals surface area contributed by atoms with Crippen molar-refractivity contribution in [2.75, 3.05) is 43.6 Å². The van der Waals surface area contributed by atoms with Crippen LogP contribution in [0.25, 0.3) is 0 Å². The summed E-state index contributed by atoms with van der Waals surface area (Å²) in [5.74, 6) is 3.34. The van der Waals surface area contributed by atoms with Gasteiger partial charge in [-0.2, -0.15) is 11.8 Å². The van der Waals surface area contributed by atoms with E-state index in [0.29, 0.717) is 12.6 Å². The largest absolute Gasteiger partial charge is 0.497 e. The first kappa shape index (κ1) is 21.2. The van der Waals surface area contributed by atoms with Crippen molar-refractivity contribution in [1.29, 1.82) is 0 Å². The Morgan fingerprint density at radius 2 is 1.90 bits per heavy atom. The zero-order valence-corrected chi connectivity index (χ0v) is 18.5. The molecule has 30 heavy (non-hydrogen) atoms. The van der Waals surface area contributed by atoms with Crippen LogP contribution in [-0.4, -0.2) is 60.0 Å². The molecule has 1 heterocycles. The molecule has 0 aromatic heterocycles. The van der Waals surface area contributed by atoms with Gasteiger partial charge in [-0.15, -0.1) is 0 Å². The Morgan fingerprint density at radius 1 is 1.13 bits per heavy atom. The molecule has 0 radical (unpaired) electrons. The quantitative estimate of drug-likeness (QED) is 0.661. The lowest BCUT2D eigenvalue weighted by Crippen LogP contribution is -2.34. The summed E-state index contributed by atoms with van der Waals surface area (Å²) in [6, 6.07) is 16.9. The Kier molecular flexibility index (Phi) is 7.31. The van der Waals surface area contributed by atoms with Gasteiger partial charge in [0.2, 0.25) is 5.91 Å². The summed E-state index contributed by atoms with van der Waals surface area (Å²) >= 11 is 2.03. The zero-order chi connectivity index (χ0) is 20.8. The van der Waals surface area contributed by atoms with Gasteiger partial charge in [-0.3, -0.25) is 14.6 Å². The molecule has 1 saturated heterocycles. The molecule has 0 atom stereocenters. The minimum atomic E-state index is 0.0573. The highest BCUT2D eigenvalue weighted by Crippen LogP contribution is 2.28. The number of carbonyl (C=O) groups excluding carboxylic acids is 1. The van der Waals surface area contributed by atoms with E-state index in [0.717, 1.165) is 37.6 Å². The maximum atomic E-state index is 12.8. The maximum Gasteiger partial charge on any atom is 0.238 e. The van der Waals surface area contributed by atoms with Crippen LogP contribution in [0.2, 0.25) is 0 Å². The Morgan fingerprint density at radius 3 is 2.60 bits per heavy atom. The van der Waals surface area contributed by atoms with Crippen LogP contribution >= 0.6 is 11.8 Å². The van der Waals surface area contributed by atoms with Gasteiger partial charge in [-0.25, -0.2) is 0 Å². The van der Waals surface area contributed by atoms with E-state index >= 15 is 0 Å². The second-order valence-corrected chi connectivity index (χ2v) is 9.35. The molecule has 1 amide bonds. The Labute approximate surface area is 183 Å². The number of hydrogen-bond acceptors (Lipinski definition) is 5. The first-order valence-electron chi connectivity index (χ1n) is 10.8. The van der Waals surface area contributed by atoms with Gasteiger partial charge in [0.25, 0.3) is 0 Å². The van der Waals surface area contributed by atoms with Gasteiger partial charge in [0.15, 0.2) is 0 Å². The van der Waals surface area contributed by atoms with E-state index in [1.54, 1.807) is 7.11 Å². The molecule has 5 nitrogen and oxygen atoms in total. The lowest BCUT2D eigenvalue weighted by atomic mass is 10.2. The first-order chi connectivity index (χ1) is 14.7. The van der Waals surface area contributed by atoms with Crippen molar-refractivity contribution in [2.24, 2.45) is 0 Å². The number of rotatable bonds is 9. The monoisotopic (exact) mass is 425 g/mol. The minimum Gasteiger partial charge on any atom is -0.497 e. The van der Waals surface area contributed by atoms with Gasteiger partial charge < -0.3 is 10.1 Å². The smallest absolute Gasteiger partial charge is 0.238 e. The summed E-state index contributed by atoms with van der Waals surface area (Å²) in [4.78, 5) is 17.5. The molecule has 1 aliphatic carbocycles. The third-order valence-corrected chi connectivity index (χ3v) is 6.62. The standard InChI is InChI=1S/C24H31N3O2S/c1-29-23-9-5-19(6-10-23)17-27(22-7-8-22)18-24(28)25-21-4-2-3-20(15-21)16-26-11-13-30-14-12-26/h2-6,9-10,15,22H,7-8,11-14,16-18H2,1H3,(H,25,28). The molecule has 160 valence electrons. The normalized spacial score (nSPS) is 17.1. The zero-order valence-electron chi connectivity index (χ0n) is 17.7. The van der Waals surface area contributed by atoms with Crippen LogP contribution < -0.4 is 10.1 Å². The lowest BCUT2D eigenvalue weighted by molar-refractivity contribution is -0.117. The molecule has 1 saturated carbocycles. The number of carbonyl (C=O) groups is 1. The molecule has 6 heteroatoms. The molecule has 2 aromatic rings. The highest BCUT2D eigenvalue weighted by atomic mass is 32.2. The summed E-state index contributed by atoms with van der Waals surface area (Å²) in [5.41, 5.74) is 3.36. The Hall–Kier alpha value is -2.02. The number of thioether (sulfide) groups is 1. The summed E-state index contributed by atoms with van der Waals surface area (Å²) in [6.07, 6.45) is 2.35. The van der Waals surface area contributed by atoms with Crippen molar-refractivity contribution in [3.8, 4) is 5.75 Å². The number of nitrogens with zero attached hydrogens (tertiary/aromatic N) is 2. The number of ether oxygens (including phenoxy) is 1. The molecule has 2 aromatic carbocycles. The molecular weight excluding hydrogens is 394 g/mol. The topological polar surface area (TPSA) is 44.8 Å². The fourth-order valence-electron chi connectivity index (χ4n) is 3.87. The fraction of sp³-hybridized carbons (Fsp3) is 0.458. The van der Waals surface area contributed by atoms with Crippen molar-refractivity contribution in [3.63, 3.8) is 0 Å². The number of methoxy groups -OCH3 is 1. The van der Waals surface area contributed by atoms with E-state index in [-0.39, 0.29) is 5.91 Å². The summed E-state index contributed by atoms with van der Waals surface area (Å²) in [6.45, 7) is 4.45. The van der Waals surface area contributed by atoms with Crippen LogP contribution in [0, 0.1) is 0 Å². The van der Waals surface area contributed by atoms with Crippen molar-refractivity contribution in [2.45, 2.75) is 32.0 Å². The molecule has 0 unspecified atom stereocenters. The number of hydrogen-bond donors (Lipinski definition) is 1. The van der Waals surface area contributed by atoms with E-state index in [1.807, 2.05) is 36.0 Å². The Balaban J connectivity index is 1.32. The van der Waals surface area contributed by atoms with Crippen LogP contribution in [0.5, 0.6) is 5.75 Å². The van der Waals surface area contributed by atoms with Crippen molar-refractivity contribution < 1.29 is 9.53 Å². The van der Waals surface area contributed by atoms with Gasteiger partial charge in [-0.05, 0) is 48.2 Å². The Bertz CT molecular complexity index is 833. The van der Waals surface area contributed by atoms with Gasteiger partial charge in [0.1, 0.15) is 5.75 Å². The SMILES string of the molecule is COc1ccc(CN(CC(=O)Nc2cccc(CN3CCSCC3)c2)C2CC2)cc1. The average Bonchev–Trinajstić information content (AvgIpc) is 3.60. The minimum absolute atomic E-state index is 0.0573. The van der Waals surface area contributed by atoms with Crippen LogP contribution in [0.3, 0.4) is 0 Å². The number of nitrogens with one attached hydrogen (secondary N) is 1. The molecule has 2 aliphatic rings. The van der Waals surface area contributed by atoms with Gasteiger partial charge in [-0.1, -0.05) is 24.3 Å². The van der Waals surface area contributed by atoms with Crippen LogP contribution in [0.4, 0.5) is 5.69 Å². The summed E-state index contributed by atoms with van der Waals surface area (Å²) < 4.78 is 5.24. The van der Waals surface area contributed by atoms with Gasteiger partial charge >= 0.3 is 0 Å². The summed E-state index contributed by atoms with van der Waals surface area (Å²) in [7, 11) is 1.68. The molecule has 0 bridgehead atoms. The predicted molar refractivity (Wildman–Crippen MR) is 124 cm³/mol. The molecule has 2 fully saturated rings. The molecule has 1 aliphatic heterocycles. The highest BCUT2D eigenvalue weighted by molar-refractivity contribution is 7.99. The maximum absolute atomic E-state index is 12.8. The lowest BCUT2D eigenvalue weighted by Gasteiger charge is -2.26. The second kappa shape index (κ2) is 10.3. The fourth-order valence-corrected chi connectivity index (χ4v) is 4.85. The van der Waals surface area contributed by atoms with E-state index < -0.39 is 0 Å². The summed E-state index contributed by atoms with van der Waals surface area (Å²) in [5, 5.41) is 3.11. The number of amides is 1. The predicted octanol–water partition coefficient (Wildman–Crippen LogP) is 3.85. The van der Waals surface area contributed by atoms with Crippen molar-refractivity contribution in [1.82, 2.24) is 9.80 Å². The van der Waals surface area contributed by atoms with Crippen LogP contribution in [0.15, 0.2) is 48.5 Å². The molecule has 1 N–H and O–H groups in total. The van der Waals surface area contributed by atoms with E-state index in [9.17, 15) is 4.79 Å². The number of anilines is 1. The average molecular weight is 426 g/mol.